The molecule has 0 aliphatic carbocycles. The van der Waals surface area contributed by atoms with E-state index in [-0.39, 0.29) is 0 Å². The summed E-state index contributed by atoms with van der Waals surface area (Å²) in [4.78, 5) is 4.47. The highest BCUT2D eigenvalue weighted by atomic mass is 15.3. The van der Waals surface area contributed by atoms with Crippen LogP contribution in [0.25, 0.3) is 0 Å². The van der Waals surface area contributed by atoms with E-state index < -0.39 is 0 Å². The summed E-state index contributed by atoms with van der Waals surface area (Å²) in [5.74, 6) is 1.88. The summed E-state index contributed by atoms with van der Waals surface area (Å²) in [7, 11) is 1.93. The molecule has 2 rings (SSSR count). The molecule has 0 saturated carbocycles. The van der Waals surface area contributed by atoms with E-state index in [4.69, 9.17) is 5.73 Å². The van der Waals surface area contributed by atoms with E-state index in [0.29, 0.717) is 0 Å². The molecule has 1 aromatic heterocycles. The van der Waals surface area contributed by atoms with E-state index in [1.165, 1.54) is 5.56 Å². The van der Waals surface area contributed by atoms with Crippen molar-refractivity contribution in [3.63, 3.8) is 0 Å². The van der Waals surface area contributed by atoms with Crippen molar-refractivity contribution in [3.8, 4) is 0 Å². The van der Waals surface area contributed by atoms with Gasteiger partial charge in [-0.05, 0) is 17.7 Å². The lowest BCUT2D eigenvalue weighted by Gasteiger charge is -2.01. The van der Waals surface area contributed by atoms with Gasteiger partial charge in [0.25, 0.3) is 0 Å². The first kappa shape index (κ1) is 10.7. The van der Waals surface area contributed by atoms with Gasteiger partial charge in [-0.1, -0.05) is 19.1 Å². The van der Waals surface area contributed by atoms with Crippen LogP contribution in [0, 0.1) is 0 Å². The van der Waals surface area contributed by atoms with Gasteiger partial charge in [0, 0.05) is 25.6 Å². The third-order valence-corrected chi connectivity index (χ3v) is 2.56. The van der Waals surface area contributed by atoms with Crippen LogP contribution in [0.4, 0.5) is 5.69 Å². The van der Waals surface area contributed by atoms with Crippen LogP contribution in [0.15, 0.2) is 24.3 Å². The molecule has 0 saturated heterocycles. The van der Waals surface area contributed by atoms with Crippen molar-refractivity contribution in [1.82, 2.24) is 14.8 Å². The Morgan fingerprint density at radius 3 is 2.50 bits per heavy atom. The van der Waals surface area contributed by atoms with Gasteiger partial charge in [-0.25, -0.2) is 4.98 Å². The molecule has 2 aromatic rings. The number of anilines is 1. The Bertz CT molecular complexity index is 470. The number of hydrogen-bond donors (Lipinski definition) is 1. The molecule has 0 radical (unpaired) electrons. The van der Waals surface area contributed by atoms with Gasteiger partial charge in [0.15, 0.2) is 5.82 Å². The van der Waals surface area contributed by atoms with Crippen molar-refractivity contribution in [1.29, 1.82) is 0 Å². The third-order valence-electron chi connectivity index (χ3n) is 2.56. The molecule has 0 atom stereocenters. The molecule has 0 aliphatic heterocycles. The van der Waals surface area contributed by atoms with Crippen LogP contribution >= 0.6 is 0 Å². The fourth-order valence-electron chi connectivity index (χ4n) is 1.60. The smallest absolute Gasteiger partial charge is 0.150 e. The first-order valence-corrected chi connectivity index (χ1v) is 5.42. The lowest BCUT2D eigenvalue weighted by atomic mass is 10.1. The maximum absolute atomic E-state index is 5.64. The highest BCUT2D eigenvalue weighted by molar-refractivity contribution is 5.39. The first-order valence-electron chi connectivity index (χ1n) is 5.42. The van der Waals surface area contributed by atoms with Gasteiger partial charge in [0.2, 0.25) is 0 Å². The van der Waals surface area contributed by atoms with Crippen LogP contribution in [0.2, 0.25) is 0 Å². The van der Waals surface area contributed by atoms with Gasteiger partial charge in [0.05, 0.1) is 0 Å². The molecule has 0 unspecified atom stereocenters. The summed E-state index contributed by atoms with van der Waals surface area (Å²) in [5.41, 5.74) is 7.63. The van der Waals surface area contributed by atoms with Crippen LogP contribution < -0.4 is 5.73 Å². The fourth-order valence-corrected chi connectivity index (χ4v) is 1.60. The molecule has 84 valence electrons. The van der Waals surface area contributed by atoms with Gasteiger partial charge in [0.1, 0.15) is 5.82 Å². The SMILES string of the molecule is CCc1nc(Cc2ccc(N)cc2)n(C)n1. The zero-order valence-corrected chi connectivity index (χ0v) is 9.64. The average Bonchev–Trinajstić information content (AvgIpc) is 2.63. The summed E-state index contributed by atoms with van der Waals surface area (Å²) >= 11 is 0. The minimum atomic E-state index is 0.788. The molecule has 0 amide bonds. The molecule has 0 fully saturated rings. The molecule has 1 aromatic carbocycles. The zero-order valence-electron chi connectivity index (χ0n) is 9.64. The Hall–Kier alpha value is -1.84. The fraction of sp³-hybridized carbons (Fsp3) is 0.333. The van der Waals surface area contributed by atoms with Crippen molar-refractivity contribution in [2.45, 2.75) is 19.8 Å². The molecular formula is C12H16N4. The van der Waals surface area contributed by atoms with Crippen molar-refractivity contribution in [3.05, 3.63) is 41.5 Å². The Kier molecular flexibility index (Phi) is 2.90. The average molecular weight is 216 g/mol. The first-order chi connectivity index (χ1) is 7.69. The standard InChI is InChI=1S/C12H16N4/c1-3-11-14-12(16(2)15-11)8-9-4-6-10(13)7-5-9/h4-7H,3,8,13H2,1-2H3. The van der Waals surface area contributed by atoms with Gasteiger partial charge in [-0.15, -0.1) is 0 Å². The highest BCUT2D eigenvalue weighted by Gasteiger charge is 2.06. The van der Waals surface area contributed by atoms with E-state index in [0.717, 1.165) is 30.2 Å². The summed E-state index contributed by atoms with van der Waals surface area (Å²) in [6, 6.07) is 7.87. The Morgan fingerprint density at radius 1 is 1.25 bits per heavy atom. The minimum Gasteiger partial charge on any atom is -0.399 e. The van der Waals surface area contributed by atoms with E-state index >= 15 is 0 Å². The summed E-state index contributed by atoms with van der Waals surface area (Å²) < 4.78 is 1.84. The Balaban J connectivity index is 2.19. The number of benzene rings is 1. The normalized spacial score (nSPS) is 10.6. The van der Waals surface area contributed by atoms with Crippen molar-refractivity contribution in [2.75, 3.05) is 5.73 Å². The van der Waals surface area contributed by atoms with E-state index in [1.807, 2.05) is 36.0 Å². The molecule has 4 nitrogen and oxygen atoms in total. The number of aromatic nitrogens is 3. The Morgan fingerprint density at radius 2 is 1.94 bits per heavy atom. The molecule has 1 heterocycles. The van der Waals surface area contributed by atoms with Crippen molar-refractivity contribution >= 4 is 5.69 Å². The number of hydrogen-bond acceptors (Lipinski definition) is 3. The van der Waals surface area contributed by atoms with E-state index in [9.17, 15) is 0 Å². The van der Waals surface area contributed by atoms with Gasteiger partial charge in [-0.3, -0.25) is 4.68 Å². The van der Waals surface area contributed by atoms with Crippen LogP contribution in [-0.2, 0) is 19.9 Å². The second-order valence-corrected chi connectivity index (χ2v) is 3.84. The minimum absolute atomic E-state index is 0.788. The van der Waals surface area contributed by atoms with Crippen molar-refractivity contribution < 1.29 is 0 Å². The quantitative estimate of drug-likeness (QED) is 0.792. The second kappa shape index (κ2) is 4.35. The molecule has 0 spiro atoms. The molecule has 16 heavy (non-hydrogen) atoms. The maximum Gasteiger partial charge on any atom is 0.150 e. The molecule has 2 N–H and O–H groups in total. The van der Waals surface area contributed by atoms with Crippen LogP contribution in [0.5, 0.6) is 0 Å². The summed E-state index contributed by atoms with van der Waals surface area (Å²) in [6.07, 6.45) is 1.67. The number of nitrogens with zero attached hydrogens (tertiary/aromatic N) is 3. The van der Waals surface area contributed by atoms with Crippen molar-refractivity contribution in [2.24, 2.45) is 7.05 Å². The van der Waals surface area contributed by atoms with Gasteiger partial charge >= 0.3 is 0 Å². The van der Waals surface area contributed by atoms with Crippen LogP contribution in [0.3, 0.4) is 0 Å². The van der Waals surface area contributed by atoms with Crippen LogP contribution in [0.1, 0.15) is 24.1 Å². The molecule has 4 heteroatoms. The number of aryl methyl sites for hydroxylation is 2. The van der Waals surface area contributed by atoms with Gasteiger partial charge in [-0.2, -0.15) is 5.10 Å². The maximum atomic E-state index is 5.64. The monoisotopic (exact) mass is 216 g/mol. The van der Waals surface area contributed by atoms with E-state index in [2.05, 4.69) is 17.0 Å². The molecule has 0 aliphatic rings. The zero-order chi connectivity index (χ0) is 11.5. The van der Waals surface area contributed by atoms with Crippen LogP contribution in [-0.4, -0.2) is 14.8 Å². The summed E-state index contributed by atoms with van der Waals surface area (Å²) in [6.45, 7) is 2.06. The topological polar surface area (TPSA) is 56.7 Å². The third kappa shape index (κ3) is 2.21. The molecular weight excluding hydrogens is 200 g/mol. The lowest BCUT2D eigenvalue weighted by molar-refractivity contribution is 0.707. The van der Waals surface area contributed by atoms with E-state index in [1.54, 1.807) is 0 Å². The predicted octanol–water partition coefficient (Wildman–Crippen LogP) is 1.55. The largest absolute Gasteiger partial charge is 0.399 e. The summed E-state index contributed by atoms with van der Waals surface area (Å²) in [5, 5.41) is 4.32. The predicted molar refractivity (Wildman–Crippen MR) is 64.0 cm³/mol. The highest BCUT2D eigenvalue weighted by Crippen LogP contribution is 2.10. The lowest BCUT2D eigenvalue weighted by Crippen LogP contribution is -2.00. The molecule has 0 bridgehead atoms. The second-order valence-electron chi connectivity index (χ2n) is 3.84. The Labute approximate surface area is 95.1 Å². The number of rotatable bonds is 3. The number of nitrogens with two attached hydrogens (primary N) is 1. The number of nitrogen functional groups attached to an aromatic ring is 1. The van der Waals surface area contributed by atoms with Gasteiger partial charge < -0.3 is 5.73 Å².